The molecule has 0 amide bonds. The van der Waals surface area contributed by atoms with Crippen molar-refractivity contribution < 1.29 is 9.52 Å². The highest BCUT2D eigenvalue weighted by atomic mass is 32.1. The summed E-state index contributed by atoms with van der Waals surface area (Å²) in [7, 11) is 0. The third kappa shape index (κ3) is 1.20. The molecule has 0 saturated heterocycles. The van der Waals surface area contributed by atoms with Crippen molar-refractivity contribution in [3.63, 3.8) is 0 Å². The SMILES string of the molecule is OCc1cnc2scc(-c3ccco3)n12. The Bertz CT molecular complexity index is 580. The molecule has 76 valence electrons. The van der Waals surface area contributed by atoms with Gasteiger partial charge in [0.15, 0.2) is 10.7 Å². The summed E-state index contributed by atoms with van der Waals surface area (Å²) in [5, 5.41) is 11.2. The molecule has 3 aromatic heterocycles. The molecule has 0 bridgehead atoms. The van der Waals surface area contributed by atoms with Gasteiger partial charge in [-0.3, -0.25) is 4.40 Å². The molecular formula is C10H8N2O2S. The predicted octanol–water partition coefficient (Wildman–Crippen LogP) is 2.15. The molecule has 1 N–H and O–H groups in total. The maximum atomic E-state index is 9.18. The van der Waals surface area contributed by atoms with Crippen molar-refractivity contribution in [2.45, 2.75) is 6.61 Å². The molecule has 3 rings (SSSR count). The molecule has 15 heavy (non-hydrogen) atoms. The number of thiazole rings is 1. The summed E-state index contributed by atoms with van der Waals surface area (Å²) in [5.41, 5.74) is 1.71. The quantitative estimate of drug-likeness (QED) is 0.720. The van der Waals surface area contributed by atoms with Crippen molar-refractivity contribution in [2.75, 3.05) is 0 Å². The summed E-state index contributed by atoms with van der Waals surface area (Å²) in [5.74, 6) is 0.786. The summed E-state index contributed by atoms with van der Waals surface area (Å²) in [6, 6.07) is 3.73. The van der Waals surface area contributed by atoms with Gasteiger partial charge in [-0.15, -0.1) is 11.3 Å². The molecule has 0 saturated carbocycles. The van der Waals surface area contributed by atoms with E-state index in [2.05, 4.69) is 4.98 Å². The average molecular weight is 220 g/mol. The molecule has 0 spiro atoms. The van der Waals surface area contributed by atoms with Crippen LogP contribution in [-0.2, 0) is 6.61 Å². The second-order valence-electron chi connectivity index (χ2n) is 3.12. The number of fused-ring (bicyclic) bond motifs is 1. The fourth-order valence-corrected chi connectivity index (χ4v) is 2.45. The minimum absolute atomic E-state index is 0.0222. The van der Waals surface area contributed by atoms with Crippen molar-refractivity contribution in [1.82, 2.24) is 9.38 Å². The summed E-state index contributed by atoms with van der Waals surface area (Å²) in [4.78, 5) is 5.07. The molecule has 5 heteroatoms. The van der Waals surface area contributed by atoms with Crippen LogP contribution >= 0.6 is 11.3 Å². The Morgan fingerprint density at radius 1 is 1.53 bits per heavy atom. The molecule has 0 aromatic carbocycles. The Hall–Kier alpha value is -1.59. The van der Waals surface area contributed by atoms with Gasteiger partial charge in [0.1, 0.15) is 5.69 Å². The predicted molar refractivity (Wildman–Crippen MR) is 56.7 cm³/mol. The van der Waals surface area contributed by atoms with E-state index in [9.17, 15) is 5.11 Å². The van der Waals surface area contributed by atoms with Gasteiger partial charge in [-0.25, -0.2) is 4.98 Å². The van der Waals surface area contributed by atoms with Crippen molar-refractivity contribution in [1.29, 1.82) is 0 Å². The fourth-order valence-electron chi connectivity index (χ4n) is 1.57. The van der Waals surface area contributed by atoms with E-state index in [1.807, 2.05) is 21.9 Å². The first-order valence-electron chi connectivity index (χ1n) is 4.48. The molecule has 0 aliphatic heterocycles. The smallest absolute Gasteiger partial charge is 0.194 e. The minimum atomic E-state index is -0.0222. The third-order valence-electron chi connectivity index (χ3n) is 2.26. The zero-order valence-corrected chi connectivity index (χ0v) is 8.57. The maximum Gasteiger partial charge on any atom is 0.194 e. The van der Waals surface area contributed by atoms with Crippen molar-refractivity contribution in [2.24, 2.45) is 0 Å². The van der Waals surface area contributed by atoms with Gasteiger partial charge < -0.3 is 9.52 Å². The zero-order chi connectivity index (χ0) is 10.3. The van der Waals surface area contributed by atoms with Crippen molar-refractivity contribution in [3.05, 3.63) is 35.7 Å². The molecular weight excluding hydrogens is 212 g/mol. The molecule has 0 unspecified atom stereocenters. The Kier molecular flexibility index (Phi) is 1.87. The molecule has 0 fully saturated rings. The second-order valence-corrected chi connectivity index (χ2v) is 3.96. The van der Waals surface area contributed by atoms with Crippen molar-refractivity contribution in [3.8, 4) is 11.5 Å². The number of imidazole rings is 1. The standard InChI is InChI=1S/C10H8N2O2S/c13-5-7-4-11-10-12(7)8(6-15-10)9-2-1-3-14-9/h1-4,6,13H,5H2. The lowest BCUT2D eigenvalue weighted by Gasteiger charge is -1.97. The number of nitrogens with zero attached hydrogens (tertiary/aromatic N) is 2. The second kappa shape index (κ2) is 3.22. The van der Waals surface area contributed by atoms with Gasteiger partial charge in [0.05, 0.1) is 24.8 Å². The van der Waals surface area contributed by atoms with Gasteiger partial charge in [-0.2, -0.15) is 0 Å². The van der Waals surface area contributed by atoms with Crippen LogP contribution in [0.3, 0.4) is 0 Å². The van der Waals surface area contributed by atoms with Gasteiger partial charge in [0.2, 0.25) is 0 Å². The maximum absolute atomic E-state index is 9.18. The van der Waals surface area contributed by atoms with Crippen LogP contribution in [0.15, 0.2) is 34.4 Å². The fraction of sp³-hybridized carbons (Fsp3) is 0.100. The molecule has 4 nitrogen and oxygen atoms in total. The summed E-state index contributed by atoms with van der Waals surface area (Å²) >= 11 is 1.53. The van der Waals surface area contributed by atoms with E-state index < -0.39 is 0 Å². The first kappa shape index (κ1) is 8.70. The normalized spacial score (nSPS) is 11.3. The first-order chi connectivity index (χ1) is 7.40. The van der Waals surface area contributed by atoms with Gasteiger partial charge >= 0.3 is 0 Å². The zero-order valence-electron chi connectivity index (χ0n) is 7.75. The number of aliphatic hydroxyl groups is 1. The summed E-state index contributed by atoms with van der Waals surface area (Å²) < 4.78 is 7.24. The van der Waals surface area contributed by atoms with E-state index in [0.717, 1.165) is 22.1 Å². The van der Waals surface area contributed by atoms with E-state index in [-0.39, 0.29) is 6.61 Å². The lowest BCUT2D eigenvalue weighted by molar-refractivity contribution is 0.276. The molecule has 0 atom stereocenters. The van der Waals surface area contributed by atoms with E-state index in [0.29, 0.717) is 0 Å². The van der Waals surface area contributed by atoms with E-state index in [4.69, 9.17) is 4.42 Å². The van der Waals surface area contributed by atoms with E-state index in [1.165, 1.54) is 11.3 Å². The van der Waals surface area contributed by atoms with Gasteiger partial charge in [0.25, 0.3) is 0 Å². The Labute approximate surface area is 89.4 Å². The Morgan fingerprint density at radius 2 is 2.47 bits per heavy atom. The highest BCUT2D eigenvalue weighted by Crippen LogP contribution is 2.27. The number of hydrogen-bond donors (Lipinski definition) is 1. The molecule has 3 aromatic rings. The van der Waals surface area contributed by atoms with Crippen LogP contribution < -0.4 is 0 Å². The topological polar surface area (TPSA) is 50.7 Å². The van der Waals surface area contributed by atoms with Crippen LogP contribution in [0.1, 0.15) is 5.69 Å². The third-order valence-corrected chi connectivity index (χ3v) is 3.09. The first-order valence-corrected chi connectivity index (χ1v) is 5.36. The Balaban J connectivity index is 2.31. The van der Waals surface area contributed by atoms with Crippen molar-refractivity contribution >= 4 is 16.3 Å². The lowest BCUT2D eigenvalue weighted by Crippen LogP contribution is -1.91. The molecule has 0 aliphatic carbocycles. The Morgan fingerprint density at radius 3 is 3.20 bits per heavy atom. The lowest BCUT2D eigenvalue weighted by atomic mass is 10.3. The van der Waals surface area contributed by atoms with E-state index in [1.54, 1.807) is 12.5 Å². The molecule has 0 aliphatic rings. The van der Waals surface area contributed by atoms with Crippen LogP contribution in [0.5, 0.6) is 0 Å². The van der Waals surface area contributed by atoms with Crippen LogP contribution in [0, 0.1) is 0 Å². The molecule has 0 radical (unpaired) electrons. The number of hydrogen-bond acceptors (Lipinski definition) is 4. The largest absolute Gasteiger partial charge is 0.463 e. The van der Waals surface area contributed by atoms with Crippen LogP contribution in [0.2, 0.25) is 0 Å². The number of aliphatic hydroxyl groups excluding tert-OH is 1. The van der Waals surface area contributed by atoms with Crippen LogP contribution in [-0.4, -0.2) is 14.5 Å². The summed E-state index contributed by atoms with van der Waals surface area (Å²) in [6.45, 7) is -0.0222. The van der Waals surface area contributed by atoms with Crippen LogP contribution in [0.25, 0.3) is 16.4 Å². The minimum Gasteiger partial charge on any atom is -0.463 e. The number of aromatic nitrogens is 2. The highest BCUT2D eigenvalue weighted by Gasteiger charge is 2.12. The highest BCUT2D eigenvalue weighted by molar-refractivity contribution is 7.15. The average Bonchev–Trinajstić information content (AvgIpc) is 2.94. The monoisotopic (exact) mass is 220 g/mol. The number of rotatable bonds is 2. The number of furan rings is 1. The van der Waals surface area contributed by atoms with Crippen LogP contribution in [0.4, 0.5) is 0 Å². The van der Waals surface area contributed by atoms with Gasteiger partial charge in [-0.05, 0) is 12.1 Å². The molecule has 3 heterocycles. The summed E-state index contributed by atoms with van der Waals surface area (Å²) in [6.07, 6.45) is 3.31. The van der Waals surface area contributed by atoms with E-state index >= 15 is 0 Å². The van der Waals surface area contributed by atoms with Gasteiger partial charge in [-0.1, -0.05) is 0 Å². The van der Waals surface area contributed by atoms with Gasteiger partial charge in [0, 0.05) is 5.38 Å².